The molecule has 0 fully saturated rings. The summed E-state index contributed by atoms with van der Waals surface area (Å²) in [5.41, 5.74) is 2.26. The first-order valence-corrected chi connectivity index (χ1v) is 8.72. The quantitative estimate of drug-likeness (QED) is 0.568. The van der Waals surface area contributed by atoms with E-state index in [4.69, 9.17) is 12.2 Å². The topological polar surface area (TPSA) is 20.7 Å². The molecule has 5 heteroatoms. The number of H-pyrrole nitrogens is 1. The van der Waals surface area contributed by atoms with Crippen LogP contribution < -0.4 is 0 Å². The maximum Gasteiger partial charge on any atom is 0.178 e. The SMILES string of the molecule is CCCC(c1cccs1)n1c(=S)[nH]c2ccc(Br)cc21. The molecule has 0 bridgehead atoms. The van der Waals surface area contributed by atoms with E-state index in [0.717, 1.165) is 33.1 Å². The number of nitrogens with one attached hydrogen (secondary N) is 1. The lowest BCUT2D eigenvalue weighted by molar-refractivity contribution is 0.548. The molecule has 3 rings (SSSR count). The lowest BCUT2D eigenvalue weighted by Crippen LogP contribution is -2.09. The number of halogens is 1. The molecule has 2 nitrogen and oxygen atoms in total. The molecule has 1 aromatic carbocycles. The molecule has 1 N–H and O–H groups in total. The van der Waals surface area contributed by atoms with Gasteiger partial charge in [-0.05, 0) is 48.3 Å². The first kappa shape index (κ1) is 14.0. The molecule has 1 atom stereocenters. The van der Waals surface area contributed by atoms with E-state index < -0.39 is 0 Å². The van der Waals surface area contributed by atoms with Gasteiger partial charge >= 0.3 is 0 Å². The molecule has 3 aromatic rings. The van der Waals surface area contributed by atoms with E-state index in [0.29, 0.717) is 6.04 Å². The highest BCUT2D eigenvalue weighted by Gasteiger charge is 2.18. The molecule has 2 aromatic heterocycles. The molecule has 20 heavy (non-hydrogen) atoms. The highest BCUT2D eigenvalue weighted by atomic mass is 79.9. The minimum atomic E-state index is 0.315. The Bertz CT molecular complexity index is 771. The molecule has 0 saturated carbocycles. The van der Waals surface area contributed by atoms with Gasteiger partial charge in [-0.15, -0.1) is 11.3 Å². The average molecular weight is 367 g/mol. The van der Waals surface area contributed by atoms with Gasteiger partial charge in [-0.25, -0.2) is 0 Å². The largest absolute Gasteiger partial charge is 0.331 e. The molecule has 0 saturated heterocycles. The molecule has 0 amide bonds. The third-order valence-electron chi connectivity index (χ3n) is 3.43. The fraction of sp³-hybridized carbons (Fsp3) is 0.267. The van der Waals surface area contributed by atoms with Gasteiger partial charge in [0.2, 0.25) is 0 Å². The van der Waals surface area contributed by atoms with Crippen molar-refractivity contribution >= 4 is 50.5 Å². The van der Waals surface area contributed by atoms with Crippen LogP contribution in [-0.4, -0.2) is 9.55 Å². The maximum absolute atomic E-state index is 5.56. The fourth-order valence-electron chi connectivity index (χ4n) is 2.56. The molecule has 0 radical (unpaired) electrons. The molecule has 0 spiro atoms. The van der Waals surface area contributed by atoms with Crippen LogP contribution in [0.2, 0.25) is 0 Å². The molecule has 104 valence electrons. The Labute approximate surface area is 135 Å². The molecular formula is C15H15BrN2S2. The Morgan fingerprint density at radius 2 is 2.25 bits per heavy atom. The molecule has 1 unspecified atom stereocenters. The van der Waals surface area contributed by atoms with Crippen molar-refractivity contribution in [3.63, 3.8) is 0 Å². The summed E-state index contributed by atoms with van der Waals surface area (Å²) in [5.74, 6) is 0. The average Bonchev–Trinajstić information content (AvgIpc) is 3.04. The van der Waals surface area contributed by atoms with Gasteiger partial charge in [0, 0.05) is 9.35 Å². The zero-order valence-electron chi connectivity index (χ0n) is 11.1. The fourth-order valence-corrected chi connectivity index (χ4v) is 4.09. The number of imidazole rings is 1. The summed E-state index contributed by atoms with van der Waals surface area (Å²) in [4.78, 5) is 4.68. The number of rotatable bonds is 4. The number of fused-ring (bicyclic) bond motifs is 1. The van der Waals surface area contributed by atoms with Crippen molar-refractivity contribution in [1.29, 1.82) is 0 Å². The number of thiophene rings is 1. The highest BCUT2D eigenvalue weighted by Crippen LogP contribution is 2.32. The number of aromatic amines is 1. The van der Waals surface area contributed by atoms with Crippen LogP contribution in [0.4, 0.5) is 0 Å². The van der Waals surface area contributed by atoms with Crippen molar-refractivity contribution in [3.8, 4) is 0 Å². The lowest BCUT2D eigenvalue weighted by Gasteiger charge is -2.17. The molecular weight excluding hydrogens is 352 g/mol. The van der Waals surface area contributed by atoms with E-state index >= 15 is 0 Å². The number of nitrogens with zero attached hydrogens (tertiary/aromatic N) is 1. The van der Waals surface area contributed by atoms with Gasteiger partial charge in [0.1, 0.15) is 0 Å². The van der Waals surface area contributed by atoms with Crippen LogP contribution in [0.25, 0.3) is 11.0 Å². The molecule has 0 aliphatic carbocycles. The normalized spacial score (nSPS) is 12.9. The van der Waals surface area contributed by atoms with Crippen molar-refractivity contribution in [2.45, 2.75) is 25.8 Å². The Balaban J connectivity index is 2.22. The Kier molecular flexibility index (Phi) is 4.10. The van der Waals surface area contributed by atoms with E-state index in [1.54, 1.807) is 11.3 Å². The minimum Gasteiger partial charge on any atom is -0.331 e. The maximum atomic E-state index is 5.56. The van der Waals surface area contributed by atoms with Crippen LogP contribution >= 0.6 is 39.5 Å². The number of hydrogen-bond acceptors (Lipinski definition) is 2. The third kappa shape index (κ3) is 2.50. The van der Waals surface area contributed by atoms with Gasteiger partial charge in [-0.3, -0.25) is 0 Å². The van der Waals surface area contributed by atoms with Gasteiger partial charge in [-0.2, -0.15) is 0 Å². The third-order valence-corrected chi connectivity index (χ3v) is 5.19. The highest BCUT2D eigenvalue weighted by molar-refractivity contribution is 9.10. The standard InChI is InChI=1S/C15H15BrN2S2/c1-2-4-12(14-5-3-8-20-14)18-13-9-10(16)6-7-11(13)17-15(18)19/h3,5-9,12H,2,4H2,1H3,(H,17,19). The van der Waals surface area contributed by atoms with Crippen LogP contribution in [0.1, 0.15) is 30.7 Å². The van der Waals surface area contributed by atoms with Crippen molar-refractivity contribution in [2.24, 2.45) is 0 Å². The summed E-state index contributed by atoms with van der Waals surface area (Å²) in [6.45, 7) is 2.22. The first-order valence-electron chi connectivity index (χ1n) is 6.64. The van der Waals surface area contributed by atoms with Crippen molar-refractivity contribution < 1.29 is 0 Å². The van der Waals surface area contributed by atoms with E-state index in [9.17, 15) is 0 Å². The van der Waals surface area contributed by atoms with Crippen molar-refractivity contribution in [3.05, 3.63) is 49.8 Å². The van der Waals surface area contributed by atoms with Crippen LogP contribution in [-0.2, 0) is 0 Å². The summed E-state index contributed by atoms with van der Waals surface area (Å²) in [6.07, 6.45) is 2.22. The van der Waals surface area contributed by atoms with Crippen LogP contribution in [0, 0.1) is 4.77 Å². The molecule has 0 aliphatic rings. The number of aromatic nitrogens is 2. The van der Waals surface area contributed by atoms with Crippen LogP contribution in [0.15, 0.2) is 40.2 Å². The number of benzene rings is 1. The van der Waals surface area contributed by atoms with Gasteiger partial charge in [0.15, 0.2) is 4.77 Å². The zero-order valence-corrected chi connectivity index (χ0v) is 14.3. The summed E-state index contributed by atoms with van der Waals surface area (Å²) in [6, 6.07) is 10.9. The summed E-state index contributed by atoms with van der Waals surface area (Å²) in [5, 5.41) is 2.13. The summed E-state index contributed by atoms with van der Waals surface area (Å²) in [7, 11) is 0. The van der Waals surface area contributed by atoms with Crippen molar-refractivity contribution in [1.82, 2.24) is 9.55 Å². The Morgan fingerprint density at radius 3 is 2.95 bits per heavy atom. The monoisotopic (exact) mass is 366 g/mol. The summed E-state index contributed by atoms with van der Waals surface area (Å²) >= 11 is 10.9. The minimum absolute atomic E-state index is 0.315. The van der Waals surface area contributed by atoms with E-state index in [1.165, 1.54) is 4.88 Å². The second-order valence-electron chi connectivity index (χ2n) is 4.78. The second kappa shape index (κ2) is 5.84. The van der Waals surface area contributed by atoms with Crippen LogP contribution in [0.5, 0.6) is 0 Å². The predicted molar refractivity (Wildman–Crippen MR) is 92.2 cm³/mol. The molecule has 0 aliphatic heterocycles. The smallest absolute Gasteiger partial charge is 0.178 e. The van der Waals surface area contributed by atoms with E-state index in [-0.39, 0.29) is 0 Å². The lowest BCUT2D eigenvalue weighted by atomic mass is 10.1. The van der Waals surface area contributed by atoms with E-state index in [2.05, 4.69) is 62.1 Å². The Hall–Kier alpha value is -0.910. The Morgan fingerprint density at radius 1 is 1.40 bits per heavy atom. The van der Waals surface area contributed by atoms with Gasteiger partial charge in [-0.1, -0.05) is 35.3 Å². The number of hydrogen-bond donors (Lipinski definition) is 1. The molecule has 2 heterocycles. The van der Waals surface area contributed by atoms with Gasteiger partial charge < -0.3 is 9.55 Å². The zero-order chi connectivity index (χ0) is 14.1. The summed E-state index contributed by atoms with van der Waals surface area (Å²) < 4.78 is 4.13. The predicted octanol–water partition coefficient (Wildman–Crippen LogP) is 5.91. The second-order valence-corrected chi connectivity index (χ2v) is 7.06. The van der Waals surface area contributed by atoms with Gasteiger partial charge in [0.05, 0.1) is 17.1 Å². The first-order chi connectivity index (χ1) is 9.70. The van der Waals surface area contributed by atoms with Crippen LogP contribution in [0.3, 0.4) is 0 Å². The van der Waals surface area contributed by atoms with E-state index in [1.807, 2.05) is 6.07 Å². The van der Waals surface area contributed by atoms with Gasteiger partial charge in [0.25, 0.3) is 0 Å². The van der Waals surface area contributed by atoms with Crippen molar-refractivity contribution in [2.75, 3.05) is 0 Å².